The number of aryl methyl sites for hydroxylation is 1. The van der Waals surface area contributed by atoms with Crippen LogP contribution in [-0.2, 0) is 10.0 Å². The van der Waals surface area contributed by atoms with Crippen LogP contribution in [0.1, 0.15) is 15.9 Å². The zero-order valence-corrected chi connectivity index (χ0v) is 20.3. The Morgan fingerprint density at radius 2 is 1.80 bits per heavy atom. The predicted octanol–water partition coefficient (Wildman–Crippen LogP) is 5.74. The molecular weight excluding hydrogens is 488 g/mol. The van der Waals surface area contributed by atoms with E-state index in [1.807, 2.05) is 12.1 Å². The molecule has 2 aromatic heterocycles. The van der Waals surface area contributed by atoms with Crippen LogP contribution in [0.15, 0.2) is 82.1 Å². The van der Waals surface area contributed by atoms with E-state index < -0.39 is 15.9 Å². The van der Waals surface area contributed by atoms with Crippen molar-refractivity contribution in [3.8, 4) is 17.2 Å². The van der Waals surface area contributed by atoms with E-state index in [9.17, 15) is 13.2 Å². The van der Waals surface area contributed by atoms with Gasteiger partial charge in [0.05, 0.1) is 22.9 Å². The molecule has 9 heteroatoms. The molecule has 0 aliphatic rings. The summed E-state index contributed by atoms with van der Waals surface area (Å²) in [5.74, 6) is -0.00168. The van der Waals surface area contributed by atoms with Crippen LogP contribution < -0.4 is 9.46 Å². The first-order chi connectivity index (χ1) is 16.8. The molecule has 0 aliphatic heterocycles. The molecule has 3 aromatic carbocycles. The van der Waals surface area contributed by atoms with E-state index in [-0.39, 0.29) is 10.5 Å². The van der Waals surface area contributed by atoms with Crippen molar-refractivity contribution in [2.75, 3.05) is 7.11 Å². The van der Waals surface area contributed by atoms with Gasteiger partial charge in [0.2, 0.25) is 0 Å². The number of carbonyl (C=O) groups excluding carboxylic acids is 1. The fraction of sp³-hybridized carbons (Fsp3) is 0.0769. The largest absolute Gasteiger partial charge is 0.492 e. The van der Waals surface area contributed by atoms with Crippen LogP contribution in [0.25, 0.3) is 33.3 Å². The van der Waals surface area contributed by atoms with Gasteiger partial charge in [-0.25, -0.2) is 18.1 Å². The van der Waals surface area contributed by atoms with E-state index in [1.54, 1.807) is 49.4 Å². The number of benzene rings is 3. The van der Waals surface area contributed by atoms with E-state index >= 15 is 0 Å². The number of nitrogens with zero attached hydrogens (tertiary/aromatic N) is 1. The highest BCUT2D eigenvalue weighted by molar-refractivity contribution is 7.90. The summed E-state index contributed by atoms with van der Waals surface area (Å²) in [7, 11) is -2.56. The highest BCUT2D eigenvalue weighted by Crippen LogP contribution is 2.40. The molecule has 0 radical (unpaired) electrons. The average molecular weight is 507 g/mol. The van der Waals surface area contributed by atoms with E-state index in [0.29, 0.717) is 44.3 Å². The summed E-state index contributed by atoms with van der Waals surface area (Å²) < 4.78 is 39.2. The van der Waals surface area contributed by atoms with Crippen molar-refractivity contribution < 1.29 is 22.4 Å². The normalized spacial score (nSPS) is 11.6. The Bertz CT molecular complexity index is 1730. The maximum absolute atomic E-state index is 12.9. The number of halogens is 1. The van der Waals surface area contributed by atoms with Crippen molar-refractivity contribution in [2.45, 2.75) is 11.8 Å². The van der Waals surface area contributed by atoms with Crippen LogP contribution in [-0.4, -0.2) is 26.4 Å². The molecule has 0 bridgehead atoms. The van der Waals surface area contributed by atoms with Crippen molar-refractivity contribution in [2.24, 2.45) is 0 Å². The molecule has 7 nitrogen and oxygen atoms in total. The number of fused-ring (bicyclic) bond motifs is 2. The Morgan fingerprint density at radius 3 is 2.57 bits per heavy atom. The van der Waals surface area contributed by atoms with Gasteiger partial charge in [-0.1, -0.05) is 41.9 Å². The second-order valence-electron chi connectivity index (χ2n) is 7.91. The van der Waals surface area contributed by atoms with Crippen molar-refractivity contribution in [3.05, 3.63) is 88.9 Å². The minimum absolute atomic E-state index is 0.0417. The zero-order valence-electron chi connectivity index (χ0n) is 18.7. The van der Waals surface area contributed by atoms with Crippen LogP contribution in [0.2, 0.25) is 5.02 Å². The third-order valence-electron chi connectivity index (χ3n) is 5.61. The highest BCUT2D eigenvalue weighted by Gasteiger charge is 2.23. The summed E-state index contributed by atoms with van der Waals surface area (Å²) in [5.41, 5.74) is 2.36. The van der Waals surface area contributed by atoms with Crippen LogP contribution in [0.3, 0.4) is 0 Å². The van der Waals surface area contributed by atoms with Gasteiger partial charge in [0.15, 0.2) is 11.5 Å². The van der Waals surface area contributed by atoms with Crippen LogP contribution in [0.5, 0.6) is 5.75 Å². The van der Waals surface area contributed by atoms with Crippen LogP contribution >= 0.6 is 11.6 Å². The van der Waals surface area contributed by atoms with Gasteiger partial charge in [-0.3, -0.25) is 4.79 Å². The number of amides is 1. The number of furan rings is 1. The van der Waals surface area contributed by atoms with Gasteiger partial charge in [0.25, 0.3) is 15.9 Å². The van der Waals surface area contributed by atoms with Gasteiger partial charge < -0.3 is 9.15 Å². The van der Waals surface area contributed by atoms with Crippen molar-refractivity contribution in [1.82, 2.24) is 9.71 Å². The standard InChI is InChI=1S/C26H19ClN2O5S/c1-15-5-3-4-6-23(15)35(31,32)29-26(30)17-9-12-22-19(13-17)24(33-2)25(34-22)20-11-8-16-7-10-18(27)14-21(16)28-20/h3-14H,1-2H3,(H,29,30). The van der Waals surface area contributed by atoms with Gasteiger partial charge in [0.1, 0.15) is 11.3 Å². The summed E-state index contributed by atoms with van der Waals surface area (Å²) in [4.78, 5) is 17.5. The number of nitrogens with one attached hydrogen (secondary N) is 1. The number of hydrogen-bond acceptors (Lipinski definition) is 6. The maximum atomic E-state index is 12.9. The SMILES string of the molecule is COc1c(-c2ccc3ccc(Cl)cc3n2)oc2ccc(C(=O)NS(=O)(=O)c3ccccc3C)cc12. The Labute approximate surface area is 206 Å². The molecule has 0 atom stereocenters. The Balaban J connectivity index is 1.53. The lowest BCUT2D eigenvalue weighted by molar-refractivity contribution is 0.0981. The monoisotopic (exact) mass is 506 g/mol. The fourth-order valence-corrected chi connectivity index (χ4v) is 5.29. The summed E-state index contributed by atoms with van der Waals surface area (Å²) in [6.45, 7) is 1.66. The van der Waals surface area contributed by atoms with E-state index in [2.05, 4.69) is 9.71 Å². The predicted molar refractivity (Wildman–Crippen MR) is 134 cm³/mol. The number of rotatable bonds is 5. The molecule has 0 fully saturated rings. The third-order valence-corrected chi connectivity index (χ3v) is 7.33. The lowest BCUT2D eigenvalue weighted by Crippen LogP contribution is -2.31. The molecule has 0 unspecified atom stereocenters. The van der Waals surface area contributed by atoms with Crippen LogP contribution in [0, 0.1) is 6.92 Å². The molecule has 1 amide bonds. The average Bonchev–Trinajstić information content (AvgIpc) is 3.21. The summed E-state index contributed by atoms with van der Waals surface area (Å²) in [6, 6.07) is 20.2. The molecule has 0 saturated heterocycles. The summed E-state index contributed by atoms with van der Waals surface area (Å²) in [6.07, 6.45) is 0. The second-order valence-corrected chi connectivity index (χ2v) is 10.00. The molecule has 0 saturated carbocycles. The molecule has 1 N–H and O–H groups in total. The first kappa shape index (κ1) is 22.9. The van der Waals surface area contributed by atoms with E-state index in [0.717, 1.165) is 5.39 Å². The molecule has 2 heterocycles. The first-order valence-corrected chi connectivity index (χ1v) is 12.4. The molecule has 35 heavy (non-hydrogen) atoms. The fourth-order valence-electron chi connectivity index (χ4n) is 3.90. The third kappa shape index (κ3) is 4.22. The number of sulfonamides is 1. The number of methoxy groups -OCH3 is 1. The van der Waals surface area contributed by atoms with E-state index in [1.165, 1.54) is 25.3 Å². The van der Waals surface area contributed by atoms with Crippen molar-refractivity contribution in [3.63, 3.8) is 0 Å². The Hall–Kier alpha value is -3.88. The minimum atomic E-state index is -4.04. The maximum Gasteiger partial charge on any atom is 0.265 e. The molecule has 0 spiro atoms. The smallest absolute Gasteiger partial charge is 0.265 e. The second kappa shape index (κ2) is 8.72. The lowest BCUT2D eigenvalue weighted by atomic mass is 10.1. The number of carbonyl (C=O) groups is 1. The summed E-state index contributed by atoms with van der Waals surface area (Å²) >= 11 is 6.11. The number of ether oxygens (including phenoxy) is 1. The van der Waals surface area contributed by atoms with Gasteiger partial charge in [-0.05, 0) is 55.0 Å². The highest BCUT2D eigenvalue weighted by atomic mass is 35.5. The quantitative estimate of drug-likeness (QED) is 0.326. The van der Waals surface area contributed by atoms with Gasteiger partial charge in [-0.15, -0.1) is 0 Å². The van der Waals surface area contributed by atoms with Crippen molar-refractivity contribution >= 4 is 49.4 Å². The zero-order chi connectivity index (χ0) is 24.7. The molecule has 0 aliphatic carbocycles. The van der Waals surface area contributed by atoms with Crippen LogP contribution in [0.4, 0.5) is 0 Å². The minimum Gasteiger partial charge on any atom is -0.492 e. The lowest BCUT2D eigenvalue weighted by Gasteiger charge is -2.09. The molecule has 5 aromatic rings. The van der Waals surface area contributed by atoms with Crippen molar-refractivity contribution in [1.29, 1.82) is 0 Å². The number of hydrogen-bond donors (Lipinski definition) is 1. The number of pyridine rings is 1. The summed E-state index contributed by atoms with van der Waals surface area (Å²) in [5, 5.41) is 1.99. The molecule has 5 rings (SSSR count). The molecule has 176 valence electrons. The Kier molecular flexibility index (Phi) is 5.70. The first-order valence-electron chi connectivity index (χ1n) is 10.6. The van der Waals surface area contributed by atoms with Gasteiger partial charge >= 0.3 is 0 Å². The molecular formula is C26H19ClN2O5S. The van der Waals surface area contributed by atoms with E-state index in [4.69, 9.17) is 20.8 Å². The topological polar surface area (TPSA) is 98.5 Å². The number of aromatic nitrogens is 1. The van der Waals surface area contributed by atoms with Gasteiger partial charge in [-0.2, -0.15) is 0 Å². The van der Waals surface area contributed by atoms with Gasteiger partial charge in [0, 0.05) is 16.0 Å². The Morgan fingerprint density at radius 1 is 1.03 bits per heavy atom.